The lowest BCUT2D eigenvalue weighted by Gasteiger charge is -2.16. The second-order valence-electron chi connectivity index (χ2n) is 4.70. The van der Waals surface area contributed by atoms with Crippen LogP contribution in [0.25, 0.3) is 0 Å². The van der Waals surface area contributed by atoms with E-state index in [1.807, 2.05) is 0 Å². The van der Waals surface area contributed by atoms with Gasteiger partial charge in [0, 0.05) is 19.5 Å². The average Bonchev–Trinajstić information content (AvgIpc) is 2.67. The molecule has 0 amide bonds. The third kappa shape index (κ3) is 2.59. The SMILES string of the molecule is CC(C)Cc1nc(N)nc(N2CCCC2)n1. The first-order chi connectivity index (χ1) is 7.65. The number of aromatic nitrogens is 3. The van der Waals surface area contributed by atoms with Crippen molar-refractivity contribution in [3.8, 4) is 0 Å². The van der Waals surface area contributed by atoms with Gasteiger partial charge < -0.3 is 10.6 Å². The smallest absolute Gasteiger partial charge is 0.230 e. The standard InChI is InChI=1S/C11H19N5/c1-8(2)7-9-13-10(12)15-11(14-9)16-5-3-4-6-16/h8H,3-7H2,1-2H3,(H2,12,13,14,15). The molecule has 0 atom stereocenters. The van der Waals surface area contributed by atoms with E-state index < -0.39 is 0 Å². The topological polar surface area (TPSA) is 67.9 Å². The molecule has 1 aromatic rings. The molecule has 5 heteroatoms. The summed E-state index contributed by atoms with van der Waals surface area (Å²) in [5.41, 5.74) is 5.71. The fourth-order valence-electron chi connectivity index (χ4n) is 1.94. The summed E-state index contributed by atoms with van der Waals surface area (Å²) < 4.78 is 0. The number of hydrogen-bond acceptors (Lipinski definition) is 5. The van der Waals surface area contributed by atoms with Gasteiger partial charge in [-0.15, -0.1) is 0 Å². The van der Waals surface area contributed by atoms with E-state index in [2.05, 4.69) is 33.7 Å². The van der Waals surface area contributed by atoms with Crippen LogP contribution in [-0.4, -0.2) is 28.0 Å². The lowest BCUT2D eigenvalue weighted by Crippen LogP contribution is -2.22. The van der Waals surface area contributed by atoms with Gasteiger partial charge in [0.05, 0.1) is 0 Å². The quantitative estimate of drug-likeness (QED) is 0.832. The molecule has 1 fully saturated rings. The van der Waals surface area contributed by atoms with E-state index in [4.69, 9.17) is 5.73 Å². The molecule has 0 saturated carbocycles. The summed E-state index contributed by atoms with van der Waals surface area (Å²) in [7, 11) is 0. The van der Waals surface area contributed by atoms with Gasteiger partial charge in [-0.25, -0.2) is 0 Å². The van der Waals surface area contributed by atoms with Crippen LogP contribution >= 0.6 is 0 Å². The molecule has 0 aliphatic carbocycles. The maximum Gasteiger partial charge on any atom is 0.230 e. The Labute approximate surface area is 96.1 Å². The first-order valence-electron chi connectivity index (χ1n) is 5.90. The number of anilines is 2. The zero-order valence-electron chi connectivity index (χ0n) is 9.98. The third-order valence-electron chi connectivity index (χ3n) is 2.67. The largest absolute Gasteiger partial charge is 0.368 e. The Balaban J connectivity index is 2.20. The molecule has 5 nitrogen and oxygen atoms in total. The van der Waals surface area contributed by atoms with Crippen LogP contribution in [0.2, 0.25) is 0 Å². The third-order valence-corrected chi connectivity index (χ3v) is 2.67. The Morgan fingerprint density at radius 3 is 2.50 bits per heavy atom. The zero-order valence-corrected chi connectivity index (χ0v) is 9.98. The molecule has 2 N–H and O–H groups in total. The average molecular weight is 221 g/mol. The second-order valence-corrected chi connectivity index (χ2v) is 4.70. The van der Waals surface area contributed by atoms with E-state index in [0.717, 1.165) is 31.3 Å². The zero-order chi connectivity index (χ0) is 11.5. The second kappa shape index (κ2) is 4.63. The molecule has 0 aromatic carbocycles. The van der Waals surface area contributed by atoms with E-state index in [9.17, 15) is 0 Å². The predicted octanol–water partition coefficient (Wildman–Crippen LogP) is 1.25. The number of nitrogen functional groups attached to an aromatic ring is 1. The first-order valence-corrected chi connectivity index (χ1v) is 5.90. The lowest BCUT2D eigenvalue weighted by molar-refractivity contribution is 0.617. The molecule has 16 heavy (non-hydrogen) atoms. The molecule has 1 saturated heterocycles. The highest BCUT2D eigenvalue weighted by molar-refractivity contribution is 5.35. The summed E-state index contributed by atoms with van der Waals surface area (Å²) in [6.45, 7) is 6.36. The molecule has 88 valence electrons. The lowest BCUT2D eigenvalue weighted by atomic mass is 10.1. The van der Waals surface area contributed by atoms with Gasteiger partial charge in [-0.1, -0.05) is 13.8 Å². The van der Waals surface area contributed by atoms with Gasteiger partial charge >= 0.3 is 0 Å². The van der Waals surface area contributed by atoms with Gasteiger partial charge in [0.1, 0.15) is 5.82 Å². The van der Waals surface area contributed by atoms with Gasteiger partial charge in [0.25, 0.3) is 0 Å². The molecule has 1 aliphatic rings. The molecule has 2 heterocycles. The molecule has 0 unspecified atom stereocenters. The molecule has 0 radical (unpaired) electrons. The van der Waals surface area contributed by atoms with Crippen molar-refractivity contribution in [1.82, 2.24) is 15.0 Å². The van der Waals surface area contributed by atoms with E-state index in [1.54, 1.807) is 0 Å². The van der Waals surface area contributed by atoms with Crippen LogP contribution in [-0.2, 0) is 6.42 Å². The maximum absolute atomic E-state index is 5.71. The van der Waals surface area contributed by atoms with Crippen LogP contribution in [0, 0.1) is 5.92 Å². The first kappa shape index (κ1) is 11.1. The van der Waals surface area contributed by atoms with Crippen molar-refractivity contribution in [2.45, 2.75) is 33.1 Å². The van der Waals surface area contributed by atoms with Crippen molar-refractivity contribution in [2.24, 2.45) is 5.92 Å². The monoisotopic (exact) mass is 221 g/mol. The Morgan fingerprint density at radius 1 is 1.19 bits per heavy atom. The molecule has 2 rings (SSSR count). The summed E-state index contributed by atoms with van der Waals surface area (Å²) in [6.07, 6.45) is 3.28. The van der Waals surface area contributed by atoms with E-state index in [-0.39, 0.29) is 0 Å². The van der Waals surface area contributed by atoms with Gasteiger partial charge in [-0.2, -0.15) is 15.0 Å². The van der Waals surface area contributed by atoms with Crippen LogP contribution in [0.15, 0.2) is 0 Å². The Morgan fingerprint density at radius 2 is 1.88 bits per heavy atom. The minimum absolute atomic E-state index is 0.340. The molecule has 1 aliphatic heterocycles. The fraction of sp³-hybridized carbons (Fsp3) is 0.727. The van der Waals surface area contributed by atoms with E-state index in [0.29, 0.717) is 11.9 Å². The Hall–Kier alpha value is -1.39. The molecule has 1 aromatic heterocycles. The maximum atomic E-state index is 5.71. The summed E-state index contributed by atoms with van der Waals surface area (Å²) in [6, 6.07) is 0. The summed E-state index contributed by atoms with van der Waals surface area (Å²) in [4.78, 5) is 15.0. The summed E-state index contributed by atoms with van der Waals surface area (Å²) in [5.74, 6) is 2.44. The van der Waals surface area contributed by atoms with Crippen molar-refractivity contribution >= 4 is 11.9 Å². The van der Waals surface area contributed by atoms with Crippen LogP contribution < -0.4 is 10.6 Å². The highest BCUT2D eigenvalue weighted by atomic mass is 15.3. The Bertz CT molecular complexity index is 357. The van der Waals surface area contributed by atoms with Crippen LogP contribution in [0.1, 0.15) is 32.5 Å². The predicted molar refractivity (Wildman–Crippen MR) is 64.2 cm³/mol. The highest BCUT2D eigenvalue weighted by Crippen LogP contribution is 2.17. The molecular weight excluding hydrogens is 202 g/mol. The van der Waals surface area contributed by atoms with Gasteiger partial charge in [0.15, 0.2) is 0 Å². The van der Waals surface area contributed by atoms with Gasteiger partial charge in [0.2, 0.25) is 11.9 Å². The van der Waals surface area contributed by atoms with Crippen molar-refractivity contribution in [2.75, 3.05) is 23.7 Å². The minimum atomic E-state index is 0.340. The van der Waals surface area contributed by atoms with Crippen LogP contribution in [0.5, 0.6) is 0 Å². The van der Waals surface area contributed by atoms with Crippen molar-refractivity contribution in [1.29, 1.82) is 0 Å². The highest BCUT2D eigenvalue weighted by Gasteiger charge is 2.16. The fourth-order valence-corrected chi connectivity index (χ4v) is 1.94. The van der Waals surface area contributed by atoms with Gasteiger partial charge in [-0.3, -0.25) is 0 Å². The molecular formula is C11H19N5. The van der Waals surface area contributed by atoms with Crippen LogP contribution in [0.3, 0.4) is 0 Å². The number of nitrogens with two attached hydrogens (primary N) is 1. The van der Waals surface area contributed by atoms with E-state index in [1.165, 1.54) is 12.8 Å². The normalized spacial score (nSPS) is 16.1. The van der Waals surface area contributed by atoms with E-state index >= 15 is 0 Å². The number of rotatable bonds is 3. The van der Waals surface area contributed by atoms with Crippen molar-refractivity contribution in [3.63, 3.8) is 0 Å². The minimum Gasteiger partial charge on any atom is -0.368 e. The molecule has 0 bridgehead atoms. The van der Waals surface area contributed by atoms with Crippen molar-refractivity contribution in [3.05, 3.63) is 5.82 Å². The van der Waals surface area contributed by atoms with Crippen molar-refractivity contribution < 1.29 is 0 Å². The molecule has 0 spiro atoms. The van der Waals surface area contributed by atoms with Gasteiger partial charge in [-0.05, 0) is 18.8 Å². The summed E-state index contributed by atoms with van der Waals surface area (Å²) >= 11 is 0. The summed E-state index contributed by atoms with van der Waals surface area (Å²) in [5, 5.41) is 0. The Kier molecular flexibility index (Phi) is 3.22. The number of hydrogen-bond donors (Lipinski definition) is 1. The van der Waals surface area contributed by atoms with Crippen LogP contribution in [0.4, 0.5) is 11.9 Å². The number of nitrogens with zero attached hydrogens (tertiary/aromatic N) is 4.